The summed E-state index contributed by atoms with van der Waals surface area (Å²) >= 11 is 0. The average Bonchev–Trinajstić information content (AvgIpc) is 3.07. The van der Waals surface area contributed by atoms with E-state index in [1.807, 2.05) is 6.92 Å². The van der Waals surface area contributed by atoms with Crippen molar-refractivity contribution >= 4 is 11.9 Å². The molecule has 1 aromatic heterocycles. The second-order valence-electron chi connectivity index (χ2n) is 6.63. The quantitative estimate of drug-likeness (QED) is 0.376. The van der Waals surface area contributed by atoms with Crippen LogP contribution < -0.4 is 16.4 Å². The number of primary amides is 1. The highest BCUT2D eigenvalue weighted by atomic mass is 16.3. The van der Waals surface area contributed by atoms with Crippen LogP contribution in [0.2, 0.25) is 0 Å². The van der Waals surface area contributed by atoms with Crippen LogP contribution in [0.4, 0.5) is 0 Å². The third kappa shape index (κ3) is 6.78. The molecule has 0 aliphatic carbocycles. The second-order valence-corrected chi connectivity index (χ2v) is 6.63. The van der Waals surface area contributed by atoms with Crippen molar-refractivity contribution in [2.45, 2.75) is 39.7 Å². The van der Waals surface area contributed by atoms with Gasteiger partial charge in [0.1, 0.15) is 12.3 Å². The number of aliphatic imine (C=N–C) groups is 1. The summed E-state index contributed by atoms with van der Waals surface area (Å²) < 4.78 is 5.34. The summed E-state index contributed by atoms with van der Waals surface area (Å²) in [5, 5.41) is 6.57. The number of nitrogens with zero attached hydrogens (tertiary/aromatic N) is 2. The van der Waals surface area contributed by atoms with Crippen molar-refractivity contribution in [1.82, 2.24) is 15.5 Å². The lowest BCUT2D eigenvalue weighted by Crippen LogP contribution is -2.39. The molecule has 1 aromatic rings. The molecule has 140 valence electrons. The molecule has 2 heterocycles. The summed E-state index contributed by atoms with van der Waals surface area (Å²) in [6.45, 7) is 9.97. The van der Waals surface area contributed by atoms with Crippen molar-refractivity contribution in [2.24, 2.45) is 16.6 Å². The number of guanidine groups is 1. The van der Waals surface area contributed by atoms with E-state index in [9.17, 15) is 4.79 Å². The van der Waals surface area contributed by atoms with Crippen molar-refractivity contribution in [2.75, 3.05) is 32.7 Å². The fraction of sp³-hybridized carbons (Fsp3) is 0.667. The Bertz CT molecular complexity index is 562. The van der Waals surface area contributed by atoms with Gasteiger partial charge in [-0.2, -0.15) is 0 Å². The first-order valence-electron chi connectivity index (χ1n) is 9.21. The summed E-state index contributed by atoms with van der Waals surface area (Å²) in [6, 6.07) is 3.30. The Morgan fingerprint density at radius 2 is 2.12 bits per heavy atom. The summed E-state index contributed by atoms with van der Waals surface area (Å²) in [5.74, 6) is 1.85. The number of carbonyl (C=O) groups is 1. The van der Waals surface area contributed by atoms with Crippen LogP contribution in [0.25, 0.3) is 0 Å². The molecule has 25 heavy (non-hydrogen) atoms. The lowest BCUT2D eigenvalue weighted by molar-refractivity contribution is 0.0972. The first-order chi connectivity index (χ1) is 12.1. The van der Waals surface area contributed by atoms with Crippen LogP contribution in [0.15, 0.2) is 21.5 Å². The number of piperidine rings is 1. The van der Waals surface area contributed by atoms with Crippen molar-refractivity contribution < 1.29 is 9.21 Å². The monoisotopic (exact) mass is 349 g/mol. The number of carbonyl (C=O) groups excluding carboxylic acids is 1. The van der Waals surface area contributed by atoms with Gasteiger partial charge in [0.25, 0.3) is 5.91 Å². The first-order valence-corrected chi connectivity index (χ1v) is 9.21. The lowest BCUT2D eigenvalue weighted by Gasteiger charge is -2.30. The van der Waals surface area contributed by atoms with Crippen LogP contribution >= 0.6 is 0 Å². The number of nitrogens with two attached hydrogens (primary N) is 1. The first kappa shape index (κ1) is 19.3. The zero-order valence-corrected chi connectivity index (χ0v) is 15.4. The van der Waals surface area contributed by atoms with Crippen LogP contribution in [-0.2, 0) is 6.54 Å². The molecule has 7 heteroatoms. The van der Waals surface area contributed by atoms with Gasteiger partial charge >= 0.3 is 0 Å². The van der Waals surface area contributed by atoms with Gasteiger partial charge in [-0.05, 0) is 63.9 Å². The molecular weight excluding hydrogens is 318 g/mol. The van der Waals surface area contributed by atoms with Crippen LogP contribution in [0.5, 0.6) is 0 Å². The maximum absolute atomic E-state index is 11.0. The van der Waals surface area contributed by atoms with E-state index < -0.39 is 5.91 Å². The molecule has 0 aromatic carbocycles. The smallest absolute Gasteiger partial charge is 0.284 e. The Kier molecular flexibility index (Phi) is 7.78. The van der Waals surface area contributed by atoms with E-state index in [4.69, 9.17) is 10.2 Å². The van der Waals surface area contributed by atoms with Gasteiger partial charge in [-0.1, -0.05) is 6.92 Å². The SMILES string of the molecule is CCNC(=NCc1ccc(C(N)=O)o1)NCCCN1CCC(C)CC1. The average molecular weight is 349 g/mol. The molecule has 0 unspecified atom stereocenters. The highest BCUT2D eigenvalue weighted by Crippen LogP contribution is 2.15. The number of likely N-dealkylation sites (tertiary alicyclic amines) is 1. The molecule has 1 aliphatic rings. The minimum Gasteiger partial charge on any atom is -0.454 e. The third-order valence-electron chi connectivity index (χ3n) is 4.46. The Morgan fingerprint density at radius 3 is 2.76 bits per heavy atom. The molecule has 0 radical (unpaired) electrons. The third-order valence-corrected chi connectivity index (χ3v) is 4.46. The molecule has 4 N–H and O–H groups in total. The number of rotatable bonds is 8. The van der Waals surface area contributed by atoms with Crippen molar-refractivity contribution in [3.8, 4) is 0 Å². The minimum atomic E-state index is -0.563. The maximum atomic E-state index is 11.0. The van der Waals surface area contributed by atoms with Gasteiger partial charge in [-0.3, -0.25) is 4.79 Å². The van der Waals surface area contributed by atoms with Crippen LogP contribution in [0.3, 0.4) is 0 Å². The number of furan rings is 1. The van der Waals surface area contributed by atoms with E-state index in [1.165, 1.54) is 25.9 Å². The molecule has 0 spiro atoms. The Morgan fingerprint density at radius 1 is 1.36 bits per heavy atom. The fourth-order valence-corrected chi connectivity index (χ4v) is 2.89. The highest BCUT2D eigenvalue weighted by molar-refractivity contribution is 5.89. The molecule has 0 atom stereocenters. The van der Waals surface area contributed by atoms with E-state index in [0.29, 0.717) is 12.3 Å². The Labute approximate surface area is 150 Å². The van der Waals surface area contributed by atoms with E-state index in [2.05, 4.69) is 27.4 Å². The van der Waals surface area contributed by atoms with E-state index in [0.717, 1.165) is 37.9 Å². The molecule has 0 saturated carbocycles. The van der Waals surface area contributed by atoms with Gasteiger partial charge < -0.3 is 25.7 Å². The van der Waals surface area contributed by atoms with Gasteiger partial charge in [0.2, 0.25) is 0 Å². The van der Waals surface area contributed by atoms with Gasteiger partial charge in [-0.25, -0.2) is 4.99 Å². The molecule has 2 rings (SSSR count). The summed E-state index contributed by atoms with van der Waals surface area (Å²) in [4.78, 5) is 18.1. The van der Waals surface area contributed by atoms with E-state index >= 15 is 0 Å². The summed E-state index contributed by atoms with van der Waals surface area (Å²) in [7, 11) is 0. The van der Waals surface area contributed by atoms with Crippen LogP contribution in [0.1, 0.15) is 49.4 Å². The van der Waals surface area contributed by atoms with Crippen LogP contribution in [-0.4, -0.2) is 49.5 Å². The number of nitrogens with one attached hydrogen (secondary N) is 2. The van der Waals surface area contributed by atoms with E-state index in [1.54, 1.807) is 12.1 Å². The molecule has 7 nitrogen and oxygen atoms in total. The zero-order chi connectivity index (χ0) is 18.1. The molecule has 1 saturated heterocycles. The second kappa shape index (κ2) is 10.1. The van der Waals surface area contributed by atoms with Crippen molar-refractivity contribution in [3.05, 3.63) is 23.7 Å². The van der Waals surface area contributed by atoms with Gasteiger partial charge in [0.15, 0.2) is 11.7 Å². The summed E-state index contributed by atoms with van der Waals surface area (Å²) in [5.41, 5.74) is 5.18. The standard InChI is InChI=1S/C18H31N5O2/c1-3-20-18(22-13-15-5-6-16(25-15)17(19)24)21-9-4-10-23-11-7-14(2)8-12-23/h5-6,14H,3-4,7-13H2,1-2H3,(H2,19,24)(H2,20,21,22). The predicted molar refractivity (Wildman–Crippen MR) is 99.5 cm³/mol. The Balaban J connectivity index is 1.72. The maximum Gasteiger partial charge on any atom is 0.284 e. The van der Waals surface area contributed by atoms with Gasteiger partial charge in [-0.15, -0.1) is 0 Å². The lowest BCUT2D eigenvalue weighted by atomic mass is 9.99. The van der Waals surface area contributed by atoms with Crippen LogP contribution in [0, 0.1) is 5.92 Å². The predicted octanol–water partition coefficient (Wildman–Crippen LogP) is 1.56. The fourth-order valence-electron chi connectivity index (χ4n) is 2.89. The normalized spacial score (nSPS) is 16.8. The number of hydrogen-bond donors (Lipinski definition) is 3. The molecule has 1 aliphatic heterocycles. The largest absolute Gasteiger partial charge is 0.454 e. The highest BCUT2D eigenvalue weighted by Gasteiger charge is 2.14. The topological polar surface area (TPSA) is 95.9 Å². The number of hydrogen-bond acceptors (Lipinski definition) is 4. The van der Waals surface area contributed by atoms with E-state index in [-0.39, 0.29) is 5.76 Å². The van der Waals surface area contributed by atoms with Crippen molar-refractivity contribution in [3.63, 3.8) is 0 Å². The van der Waals surface area contributed by atoms with Gasteiger partial charge in [0, 0.05) is 13.1 Å². The number of amides is 1. The van der Waals surface area contributed by atoms with Crippen molar-refractivity contribution in [1.29, 1.82) is 0 Å². The minimum absolute atomic E-state index is 0.166. The summed E-state index contributed by atoms with van der Waals surface area (Å²) in [6.07, 6.45) is 3.72. The molecule has 0 bridgehead atoms. The Hall–Kier alpha value is -2.02. The molecular formula is C18H31N5O2. The molecule has 1 fully saturated rings. The van der Waals surface area contributed by atoms with Gasteiger partial charge in [0.05, 0.1) is 0 Å². The molecule has 1 amide bonds. The zero-order valence-electron chi connectivity index (χ0n) is 15.4.